The van der Waals surface area contributed by atoms with Crippen LogP contribution in [0.2, 0.25) is 0 Å². The van der Waals surface area contributed by atoms with E-state index in [0.717, 1.165) is 18.2 Å². The van der Waals surface area contributed by atoms with E-state index in [1.807, 2.05) is 0 Å². The number of fused-ring (bicyclic) bond motifs is 3. The Labute approximate surface area is 223 Å². The van der Waals surface area contributed by atoms with Crippen molar-refractivity contribution in [3.63, 3.8) is 0 Å². The zero-order valence-electron chi connectivity index (χ0n) is 21.4. The Balaban J connectivity index is 1.11. The largest absolute Gasteiger partial charge is 0.484 e. The van der Waals surface area contributed by atoms with Gasteiger partial charge in [0, 0.05) is 31.6 Å². The van der Waals surface area contributed by atoms with Crippen LogP contribution >= 0.6 is 0 Å². The second-order valence-electron chi connectivity index (χ2n) is 10.0. The van der Waals surface area contributed by atoms with Gasteiger partial charge in [-0.3, -0.25) is 14.5 Å². The highest BCUT2D eigenvalue weighted by Gasteiger charge is 2.46. The van der Waals surface area contributed by atoms with E-state index in [4.69, 9.17) is 14.2 Å². The van der Waals surface area contributed by atoms with Gasteiger partial charge in [0.1, 0.15) is 24.3 Å². The molecule has 1 saturated heterocycles. The zero-order chi connectivity index (χ0) is 27.1. The SMILES string of the molecule is COC(=O)c1ccc2ccc(=O)n(CCN[C@@H]3CC[C@@H]4[C@@H](C3)OC(=O)N4c3ccc4c(n3)CC(=O)CO4)c2c1. The minimum atomic E-state index is -0.456. The summed E-state index contributed by atoms with van der Waals surface area (Å²) in [4.78, 5) is 55.4. The molecule has 11 nitrogen and oxygen atoms in total. The summed E-state index contributed by atoms with van der Waals surface area (Å²) >= 11 is 0. The van der Waals surface area contributed by atoms with Crippen LogP contribution in [0.3, 0.4) is 0 Å². The summed E-state index contributed by atoms with van der Waals surface area (Å²) in [7, 11) is 1.32. The first kappa shape index (κ1) is 25.1. The van der Waals surface area contributed by atoms with Gasteiger partial charge < -0.3 is 24.1 Å². The number of benzene rings is 1. The summed E-state index contributed by atoms with van der Waals surface area (Å²) in [6.45, 7) is 0.987. The number of anilines is 1. The fraction of sp³-hybridized carbons (Fsp3) is 0.393. The Morgan fingerprint density at radius 1 is 1.13 bits per heavy atom. The molecule has 202 valence electrons. The predicted molar refractivity (Wildman–Crippen MR) is 140 cm³/mol. The van der Waals surface area contributed by atoms with Gasteiger partial charge in [0.2, 0.25) is 0 Å². The number of Topliss-reactive ketones (excluding diaryl/α,β-unsaturated/α-hetero) is 1. The van der Waals surface area contributed by atoms with Crippen LogP contribution in [0.5, 0.6) is 5.75 Å². The molecule has 1 amide bonds. The number of ketones is 1. The van der Waals surface area contributed by atoms with Crippen LogP contribution in [-0.2, 0) is 27.2 Å². The minimum absolute atomic E-state index is 0.0442. The highest BCUT2D eigenvalue weighted by atomic mass is 16.6. The normalized spacial score (nSPS) is 22.2. The molecule has 0 radical (unpaired) electrons. The van der Waals surface area contributed by atoms with Crippen molar-refractivity contribution in [1.82, 2.24) is 14.9 Å². The molecule has 3 aliphatic rings. The van der Waals surface area contributed by atoms with E-state index in [0.29, 0.717) is 47.9 Å². The second kappa shape index (κ2) is 10.1. The lowest BCUT2D eigenvalue weighted by Gasteiger charge is -2.33. The molecule has 39 heavy (non-hydrogen) atoms. The van der Waals surface area contributed by atoms with Crippen LogP contribution < -0.4 is 20.5 Å². The van der Waals surface area contributed by atoms with Gasteiger partial charge in [0.05, 0.1) is 36.3 Å². The number of ether oxygens (including phenoxy) is 3. The lowest BCUT2D eigenvalue weighted by atomic mass is 9.88. The standard InChI is InChI=1S/C28H28N4O7/c1-37-27(35)17-3-2-16-4-9-26(34)31(22(16)12-17)11-10-29-18-5-6-21-24(13-18)39-28(36)32(21)25-8-7-23-20(30-25)14-19(33)15-38-23/h2-4,7-9,12,18,21,24,29H,5-6,10-11,13-15H2,1H3/t18-,21-,24-/m1/s1. The summed E-state index contributed by atoms with van der Waals surface area (Å²) in [6.07, 6.45) is 1.63. The summed E-state index contributed by atoms with van der Waals surface area (Å²) in [5, 5.41) is 4.36. The van der Waals surface area contributed by atoms with Crippen molar-refractivity contribution in [2.45, 2.75) is 50.4 Å². The Morgan fingerprint density at radius 3 is 2.82 bits per heavy atom. The van der Waals surface area contributed by atoms with Crippen LogP contribution in [0.25, 0.3) is 10.9 Å². The molecule has 2 fully saturated rings. The first-order valence-electron chi connectivity index (χ1n) is 13.0. The number of pyridine rings is 2. The third-order valence-corrected chi connectivity index (χ3v) is 7.64. The van der Waals surface area contributed by atoms with Gasteiger partial charge in [-0.25, -0.2) is 14.6 Å². The zero-order valence-corrected chi connectivity index (χ0v) is 21.4. The van der Waals surface area contributed by atoms with Crippen LogP contribution in [-0.4, -0.2) is 65.8 Å². The minimum Gasteiger partial charge on any atom is -0.484 e. The molecule has 1 aromatic carbocycles. The molecule has 4 heterocycles. The molecule has 0 bridgehead atoms. The van der Waals surface area contributed by atoms with Crippen LogP contribution in [0.4, 0.5) is 10.6 Å². The van der Waals surface area contributed by atoms with E-state index in [9.17, 15) is 19.2 Å². The molecule has 11 heteroatoms. The van der Waals surface area contributed by atoms with Gasteiger partial charge in [0.15, 0.2) is 5.78 Å². The van der Waals surface area contributed by atoms with Gasteiger partial charge >= 0.3 is 12.1 Å². The van der Waals surface area contributed by atoms with Gasteiger partial charge in [-0.2, -0.15) is 0 Å². The number of aromatic nitrogens is 2. The van der Waals surface area contributed by atoms with Crippen LogP contribution in [0.1, 0.15) is 35.3 Å². The summed E-state index contributed by atoms with van der Waals surface area (Å²) in [5.74, 6) is 0.539. The number of esters is 1. The molecular weight excluding hydrogens is 504 g/mol. The molecule has 2 aliphatic heterocycles. The van der Waals surface area contributed by atoms with E-state index >= 15 is 0 Å². The van der Waals surface area contributed by atoms with Crippen molar-refractivity contribution in [3.8, 4) is 5.75 Å². The molecule has 6 rings (SSSR count). The van der Waals surface area contributed by atoms with Crippen LogP contribution in [0.15, 0.2) is 47.3 Å². The first-order chi connectivity index (χ1) is 18.9. The number of carbonyl (C=O) groups is 3. The number of rotatable bonds is 6. The number of methoxy groups -OCH3 is 1. The fourth-order valence-electron chi connectivity index (χ4n) is 5.72. The molecule has 1 saturated carbocycles. The van der Waals surface area contributed by atoms with Gasteiger partial charge in [-0.1, -0.05) is 6.07 Å². The third kappa shape index (κ3) is 4.74. The van der Waals surface area contributed by atoms with E-state index in [1.165, 1.54) is 13.2 Å². The lowest BCUT2D eigenvalue weighted by Crippen LogP contribution is -2.46. The monoisotopic (exact) mass is 532 g/mol. The molecule has 2 aromatic heterocycles. The Bertz CT molecular complexity index is 1530. The molecule has 0 spiro atoms. The number of hydrogen-bond donors (Lipinski definition) is 1. The predicted octanol–water partition coefficient (Wildman–Crippen LogP) is 2.22. The van der Waals surface area contributed by atoms with Crippen molar-refractivity contribution in [2.24, 2.45) is 0 Å². The quantitative estimate of drug-likeness (QED) is 0.475. The van der Waals surface area contributed by atoms with Gasteiger partial charge in [-0.15, -0.1) is 0 Å². The number of carbonyl (C=O) groups excluding carboxylic acids is 3. The van der Waals surface area contributed by atoms with Gasteiger partial charge in [-0.05, 0) is 48.6 Å². The van der Waals surface area contributed by atoms with Crippen molar-refractivity contribution < 1.29 is 28.6 Å². The second-order valence-corrected chi connectivity index (χ2v) is 10.0. The first-order valence-corrected chi connectivity index (χ1v) is 13.0. The highest BCUT2D eigenvalue weighted by molar-refractivity contribution is 5.94. The number of nitrogens with zero attached hydrogens (tertiary/aromatic N) is 3. The number of nitrogens with one attached hydrogen (secondary N) is 1. The maximum atomic E-state index is 12.8. The maximum absolute atomic E-state index is 12.8. The summed E-state index contributed by atoms with van der Waals surface area (Å²) in [5.41, 5.74) is 1.44. The summed E-state index contributed by atoms with van der Waals surface area (Å²) in [6, 6.07) is 11.9. The molecule has 1 aliphatic carbocycles. The summed E-state index contributed by atoms with van der Waals surface area (Å²) < 4.78 is 17.6. The number of amides is 1. The average Bonchev–Trinajstić information content (AvgIpc) is 3.27. The molecular formula is C28H28N4O7. The molecule has 1 N–H and O–H groups in total. The van der Waals surface area contributed by atoms with E-state index in [-0.39, 0.29) is 42.6 Å². The van der Waals surface area contributed by atoms with E-state index < -0.39 is 12.1 Å². The van der Waals surface area contributed by atoms with E-state index in [1.54, 1.807) is 45.9 Å². The highest BCUT2D eigenvalue weighted by Crippen LogP contribution is 2.36. The van der Waals surface area contributed by atoms with Crippen molar-refractivity contribution in [1.29, 1.82) is 0 Å². The third-order valence-electron chi connectivity index (χ3n) is 7.64. The smallest absolute Gasteiger partial charge is 0.416 e. The van der Waals surface area contributed by atoms with E-state index in [2.05, 4.69) is 10.3 Å². The lowest BCUT2D eigenvalue weighted by molar-refractivity contribution is -0.121. The van der Waals surface area contributed by atoms with Crippen molar-refractivity contribution in [2.75, 3.05) is 25.2 Å². The van der Waals surface area contributed by atoms with Crippen LogP contribution in [0, 0.1) is 0 Å². The Hall–Kier alpha value is -4.25. The molecule has 3 aromatic rings. The molecule has 3 atom stereocenters. The fourth-order valence-corrected chi connectivity index (χ4v) is 5.72. The average molecular weight is 533 g/mol. The maximum Gasteiger partial charge on any atom is 0.416 e. The van der Waals surface area contributed by atoms with Gasteiger partial charge in [0.25, 0.3) is 5.56 Å². The van der Waals surface area contributed by atoms with Crippen molar-refractivity contribution >= 4 is 34.6 Å². The Morgan fingerprint density at radius 2 is 1.97 bits per heavy atom. The Kier molecular flexibility index (Phi) is 6.51. The van der Waals surface area contributed by atoms with Crippen molar-refractivity contribution in [3.05, 3.63) is 64.1 Å². The number of hydrogen-bond acceptors (Lipinski definition) is 9. The topological polar surface area (TPSA) is 129 Å². The molecule has 0 unspecified atom stereocenters.